The van der Waals surface area contributed by atoms with E-state index >= 15 is 0 Å². The summed E-state index contributed by atoms with van der Waals surface area (Å²) in [5, 5.41) is 0. The van der Waals surface area contributed by atoms with Gasteiger partial charge in [-0.05, 0) is 43.4 Å². The van der Waals surface area contributed by atoms with Crippen molar-refractivity contribution in [3.8, 4) is 11.8 Å². The van der Waals surface area contributed by atoms with Gasteiger partial charge in [0.25, 0.3) is 0 Å². The van der Waals surface area contributed by atoms with Crippen molar-refractivity contribution in [2.24, 2.45) is 5.73 Å². The van der Waals surface area contributed by atoms with E-state index in [2.05, 4.69) is 36.1 Å². The summed E-state index contributed by atoms with van der Waals surface area (Å²) in [4.78, 5) is 0. The van der Waals surface area contributed by atoms with E-state index in [1.54, 1.807) is 0 Å². The molecule has 1 aromatic rings. The molecule has 1 fully saturated rings. The highest BCUT2D eigenvalue weighted by Crippen LogP contribution is 2.36. The zero-order valence-corrected chi connectivity index (χ0v) is 9.16. The van der Waals surface area contributed by atoms with Gasteiger partial charge in [0.1, 0.15) is 0 Å². The lowest BCUT2D eigenvalue weighted by Gasteiger charge is -2.25. The van der Waals surface area contributed by atoms with Crippen LogP contribution in [0.3, 0.4) is 0 Å². The van der Waals surface area contributed by atoms with Crippen molar-refractivity contribution in [3.63, 3.8) is 0 Å². The van der Waals surface area contributed by atoms with Crippen LogP contribution in [0, 0.1) is 11.8 Å². The van der Waals surface area contributed by atoms with Gasteiger partial charge in [-0.2, -0.15) is 0 Å². The van der Waals surface area contributed by atoms with Crippen LogP contribution in [0.4, 0.5) is 0 Å². The first-order chi connectivity index (χ1) is 7.25. The first-order valence-electron chi connectivity index (χ1n) is 5.63. The van der Waals surface area contributed by atoms with Crippen LogP contribution < -0.4 is 5.73 Å². The van der Waals surface area contributed by atoms with Gasteiger partial charge in [0, 0.05) is 5.56 Å². The van der Waals surface area contributed by atoms with Crippen molar-refractivity contribution in [1.82, 2.24) is 0 Å². The highest BCUT2D eigenvalue weighted by Gasteiger charge is 2.18. The molecule has 0 bridgehead atoms. The average Bonchev–Trinajstić information content (AvgIpc) is 2.13. The van der Waals surface area contributed by atoms with Gasteiger partial charge in [-0.15, -0.1) is 0 Å². The predicted molar refractivity (Wildman–Crippen MR) is 63.6 cm³/mol. The van der Waals surface area contributed by atoms with E-state index < -0.39 is 0 Å². The maximum Gasteiger partial charge on any atom is 0.0639 e. The first kappa shape index (κ1) is 10.3. The number of nitrogens with two attached hydrogens (primary N) is 1. The number of hydrogen-bond donors (Lipinski definition) is 1. The molecule has 0 saturated heterocycles. The van der Waals surface area contributed by atoms with E-state index in [1.807, 2.05) is 6.92 Å². The largest absolute Gasteiger partial charge is 0.318 e. The molecule has 0 heterocycles. The van der Waals surface area contributed by atoms with Gasteiger partial charge in [0.05, 0.1) is 6.04 Å². The van der Waals surface area contributed by atoms with E-state index in [0.29, 0.717) is 0 Å². The van der Waals surface area contributed by atoms with Crippen molar-refractivity contribution >= 4 is 0 Å². The number of rotatable bonds is 1. The third-order valence-corrected chi connectivity index (χ3v) is 2.91. The molecule has 15 heavy (non-hydrogen) atoms. The molecule has 0 aromatic heterocycles. The van der Waals surface area contributed by atoms with Crippen molar-refractivity contribution in [1.29, 1.82) is 0 Å². The quantitative estimate of drug-likeness (QED) is 0.691. The molecule has 0 amide bonds. The molecule has 0 aliphatic heterocycles. The molecule has 2 N–H and O–H groups in total. The van der Waals surface area contributed by atoms with Crippen molar-refractivity contribution in [3.05, 3.63) is 35.4 Å². The van der Waals surface area contributed by atoms with Gasteiger partial charge in [0.2, 0.25) is 0 Å². The molecule has 0 radical (unpaired) electrons. The van der Waals surface area contributed by atoms with Crippen LogP contribution in [0.15, 0.2) is 24.3 Å². The molecular formula is C14H17N. The highest BCUT2D eigenvalue weighted by molar-refractivity contribution is 5.39. The molecule has 78 valence electrons. The fourth-order valence-corrected chi connectivity index (χ4v) is 1.81. The summed E-state index contributed by atoms with van der Waals surface area (Å²) < 4.78 is 0. The van der Waals surface area contributed by atoms with Gasteiger partial charge in [-0.3, -0.25) is 0 Å². The Morgan fingerprint density at radius 1 is 1.40 bits per heavy atom. The maximum absolute atomic E-state index is 5.60. The molecule has 1 aliphatic rings. The Labute approximate surface area is 91.7 Å². The van der Waals surface area contributed by atoms with Crippen LogP contribution in [-0.4, -0.2) is 6.04 Å². The minimum atomic E-state index is -0.0441. The topological polar surface area (TPSA) is 26.0 Å². The molecule has 1 atom stereocenters. The number of benzene rings is 1. The van der Waals surface area contributed by atoms with Crippen LogP contribution in [-0.2, 0) is 0 Å². The van der Waals surface area contributed by atoms with Gasteiger partial charge in [0.15, 0.2) is 0 Å². The van der Waals surface area contributed by atoms with Crippen LogP contribution >= 0.6 is 0 Å². The second kappa shape index (κ2) is 4.51. The summed E-state index contributed by atoms with van der Waals surface area (Å²) >= 11 is 0. The Kier molecular flexibility index (Phi) is 3.08. The first-order valence-corrected chi connectivity index (χ1v) is 5.63. The zero-order valence-electron chi connectivity index (χ0n) is 9.16. The van der Waals surface area contributed by atoms with Gasteiger partial charge in [-0.25, -0.2) is 0 Å². The van der Waals surface area contributed by atoms with Crippen LogP contribution in [0.1, 0.15) is 43.2 Å². The third-order valence-electron chi connectivity index (χ3n) is 2.91. The average molecular weight is 199 g/mol. The minimum Gasteiger partial charge on any atom is -0.318 e. The Bertz CT molecular complexity index is 391. The lowest BCUT2D eigenvalue weighted by Crippen LogP contribution is -2.11. The van der Waals surface area contributed by atoms with Crippen molar-refractivity contribution in [2.75, 3.05) is 0 Å². The maximum atomic E-state index is 5.60. The summed E-state index contributed by atoms with van der Waals surface area (Å²) in [6.07, 6.45) is 4.05. The SMILES string of the molecule is CC(N)C#Cc1cccc(C2CCC2)c1. The Balaban J connectivity index is 2.16. The van der Waals surface area contributed by atoms with E-state index in [4.69, 9.17) is 5.73 Å². The van der Waals surface area contributed by atoms with Crippen LogP contribution in [0.5, 0.6) is 0 Å². The van der Waals surface area contributed by atoms with Crippen LogP contribution in [0.2, 0.25) is 0 Å². The van der Waals surface area contributed by atoms with E-state index in [0.717, 1.165) is 11.5 Å². The fraction of sp³-hybridized carbons (Fsp3) is 0.429. The van der Waals surface area contributed by atoms with Crippen LogP contribution in [0.25, 0.3) is 0 Å². The normalized spacial score (nSPS) is 17.5. The standard InChI is InChI=1S/C14H17N/c1-11(15)8-9-12-4-2-7-14(10-12)13-5-3-6-13/h2,4,7,10-11,13H,3,5-6,15H2,1H3. The monoisotopic (exact) mass is 199 g/mol. The number of hydrogen-bond acceptors (Lipinski definition) is 1. The summed E-state index contributed by atoms with van der Waals surface area (Å²) in [6.45, 7) is 1.91. The molecule has 1 nitrogen and oxygen atoms in total. The Morgan fingerprint density at radius 3 is 2.80 bits per heavy atom. The summed E-state index contributed by atoms with van der Waals surface area (Å²) in [5.41, 5.74) is 8.14. The summed E-state index contributed by atoms with van der Waals surface area (Å²) in [7, 11) is 0. The Hall–Kier alpha value is -1.26. The van der Waals surface area contributed by atoms with Gasteiger partial charge < -0.3 is 5.73 Å². The lowest BCUT2D eigenvalue weighted by molar-refractivity contribution is 0.420. The summed E-state index contributed by atoms with van der Waals surface area (Å²) in [6, 6.07) is 8.52. The second-order valence-corrected chi connectivity index (χ2v) is 4.31. The molecule has 1 heteroatoms. The van der Waals surface area contributed by atoms with Crippen molar-refractivity contribution in [2.45, 2.75) is 38.1 Å². The zero-order chi connectivity index (χ0) is 10.7. The highest BCUT2D eigenvalue weighted by atomic mass is 14.6. The van der Waals surface area contributed by atoms with E-state index in [9.17, 15) is 0 Å². The second-order valence-electron chi connectivity index (χ2n) is 4.31. The van der Waals surface area contributed by atoms with Crippen molar-refractivity contribution < 1.29 is 0 Å². The predicted octanol–water partition coefficient (Wildman–Crippen LogP) is 2.65. The molecule has 1 aromatic carbocycles. The molecule has 1 saturated carbocycles. The molecule has 1 unspecified atom stereocenters. The summed E-state index contributed by atoms with van der Waals surface area (Å²) in [5.74, 6) is 6.88. The van der Waals surface area contributed by atoms with Gasteiger partial charge in [-0.1, -0.05) is 30.4 Å². The third kappa shape index (κ3) is 2.61. The van der Waals surface area contributed by atoms with Gasteiger partial charge >= 0.3 is 0 Å². The van der Waals surface area contributed by atoms with E-state index in [-0.39, 0.29) is 6.04 Å². The Morgan fingerprint density at radius 2 is 2.20 bits per heavy atom. The van der Waals surface area contributed by atoms with E-state index in [1.165, 1.54) is 24.8 Å². The fourth-order valence-electron chi connectivity index (χ4n) is 1.81. The molecule has 2 rings (SSSR count). The molecule has 1 aliphatic carbocycles. The minimum absolute atomic E-state index is 0.0441. The smallest absolute Gasteiger partial charge is 0.0639 e. The molecule has 0 spiro atoms. The molecular weight excluding hydrogens is 182 g/mol. The lowest BCUT2D eigenvalue weighted by atomic mass is 9.80.